The molecule has 2 aromatic carbocycles. The topological polar surface area (TPSA) is 38.0 Å². The van der Waals surface area contributed by atoms with Gasteiger partial charge in [0.2, 0.25) is 0 Å². The Kier molecular flexibility index (Phi) is 3.25. The monoisotopic (exact) mass is 246 g/mol. The molecule has 0 aromatic heterocycles. The maximum Gasteiger partial charge on any atom is 0.0647 e. The van der Waals surface area contributed by atoms with Gasteiger partial charge in [0.05, 0.1) is 22.1 Å². The van der Waals surface area contributed by atoms with Crippen molar-refractivity contribution in [3.8, 4) is 0 Å². The van der Waals surface area contributed by atoms with Crippen LogP contribution < -0.4 is 11.1 Å². The van der Waals surface area contributed by atoms with E-state index in [2.05, 4.69) is 5.32 Å². The van der Waals surface area contributed by atoms with Crippen molar-refractivity contribution in [3.63, 3.8) is 0 Å². The molecule has 2 rings (SSSR count). The first kappa shape index (κ1) is 11.8. The fourth-order valence-electron chi connectivity index (χ4n) is 1.73. The van der Waals surface area contributed by atoms with Crippen molar-refractivity contribution >= 4 is 28.7 Å². The molecule has 0 aliphatic rings. The highest BCUT2D eigenvalue weighted by molar-refractivity contribution is 6.33. The Bertz CT molecular complexity index is 530. The molecule has 88 valence electrons. The van der Waals surface area contributed by atoms with Crippen molar-refractivity contribution in [1.29, 1.82) is 0 Å². The van der Waals surface area contributed by atoms with E-state index in [1.54, 1.807) is 0 Å². The lowest BCUT2D eigenvalue weighted by molar-refractivity contribution is 1.41. The van der Waals surface area contributed by atoms with Crippen molar-refractivity contribution in [2.45, 2.75) is 13.8 Å². The van der Waals surface area contributed by atoms with Crippen LogP contribution in [0.2, 0.25) is 5.02 Å². The fourth-order valence-corrected chi connectivity index (χ4v) is 1.90. The molecular weight excluding hydrogens is 232 g/mol. The molecule has 17 heavy (non-hydrogen) atoms. The molecule has 3 heteroatoms. The Morgan fingerprint density at radius 2 is 1.88 bits per heavy atom. The minimum absolute atomic E-state index is 0.693. The second-order valence-electron chi connectivity index (χ2n) is 4.15. The highest BCUT2D eigenvalue weighted by Gasteiger charge is 2.06. The quantitative estimate of drug-likeness (QED) is 0.776. The molecule has 0 spiro atoms. The molecule has 0 aliphatic heterocycles. The average molecular weight is 247 g/mol. The summed E-state index contributed by atoms with van der Waals surface area (Å²) in [6, 6.07) is 11.7. The molecule has 0 heterocycles. The Morgan fingerprint density at radius 3 is 2.59 bits per heavy atom. The summed E-state index contributed by atoms with van der Waals surface area (Å²) in [5.41, 5.74) is 10.7. The minimum Gasteiger partial charge on any atom is -0.397 e. The Morgan fingerprint density at radius 1 is 1.12 bits per heavy atom. The fraction of sp³-hybridized carbons (Fsp3) is 0.143. The lowest BCUT2D eigenvalue weighted by atomic mass is 10.1. The number of halogens is 1. The van der Waals surface area contributed by atoms with Crippen molar-refractivity contribution in [1.82, 2.24) is 0 Å². The first-order valence-corrected chi connectivity index (χ1v) is 5.84. The number of aryl methyl sites for hydroxylation is 2. The van der Waals surface area contributed by atoms with Crippen LogP contribution in [0.3, 0.4) is 0 Å². The highest BCUT2D eigenvalue weighted by atomic mass is 35.5. The molecule has 0 atom stereocenters. The molecule has 3 N–H and O–H groups in total. The van der Waals surface area contributed by atoms with Crippen molar-refractivity contribution in [2.75, 3.05) is 11.1 Å². The van der Waals surface area contributed by atoms with Gasteiger partial charge in [-0.1, -0.05) is 29.8 Å². The lowest BCUT2D eigenvalue weighted by Crippen LogP contribution is -1.99. The molecule has 0 radical (unpaired) electrons. The average Bonchev–Trinajstić information content (AvgIpc) is 2.28. The molecule has 2 aromatic rings. The number of hydrogen-bond acceptors (Lipinski definition) is 2. The van der Waals surface area contributed by atoms with Crippen LogP contribution in [-0.4, -0.2) is 0 Å². The van der Waals surface area contributed by atoms with Gasteiger partial charge in [-0.05, 0) is 43.2 Å². The van der Waals surface area contributed by atoms with Crippen LogP contribution in [-0.2, 0) is 0 Å². The van der Waals surface area contributed by atoms with Gasteiger partial charge in [-0.15, -0.1) is 0 Å². The summed E-state index contributed by atoms with van der Waals surface area (Å²) in [6.07, 6.45) is 0. The van der Waals surface area contributed by atoms with Crippen LogP contribution in [0.15, 0.2) is 36.4 Å². The van der Waals surface area contributed by atoms with Gasteiger partial charge in [0, 0.05) is 0 Å². The van der Waals surface area contributed by atoms with E-state index in [9.17, 15) is 0 Å². The number of rotatable bonds is 2. The van der Waals surface area contributed by atoms with Crippen molar-refractivity contribution in [2.24, 2.45) is 0 Å². The summed E-state index contributed by atoms with van der Waals surface area (Å²) in [7, 11) is 0. The van der Waals surface area contributed by atoms with E-state index < -0.39 is 0 Å². The van der Waals surface area contributed by atoms with Gasteiger partial charge in [-0.25, -0.2) is 0 Å². The number of hydrogen-bond donors (Lipinski definition) is 2. The predicted molar refractivity (Wildman–Crippen MR) is 75.1 cm³/mol. The number of nitrogens with one attached hydrogen (secondary N) is 1. The maximum atomic E-state index is 6.15. The first-order valence-electron chi connectivity index (χ1n) is 5.46. The van der Waals surface area contributed by atoms with Gasteiger partial charge in [0.25, 0.3) is 0 Å². The second-order valence-corrected chi connectivity index (χ2v) is 4.55. The van der Waals surface area contributed by atoms with E-state index in [0.29, 0.717) is 5.02 Å². The SMILES string of the molecule is Cc1ccc(Cl)c(Nc2c(C)cccc2N)c1. The third-order valence-corrected chi connectivity index (χ3v) is 3.02. The predicted octanol–water partition coefficient (Wildman–Crippen LogP) is 4.28. The molecule has 0 saturated carbocycles. The van der Waals surface area contributed by atoms with Crippen LogP contribution in [0.4, 0.5) is 17.1 Å². The first-order chi connectivity index (χ1) is 8.08. The van der Waals surface area contributed by atoms with Crippen molar-refractivity contribution < 1.29 is 0 Å². The van der Waals surface area contributed by atoms with Crippen LogP contribution in [0.25, 0.3) is 0 Å². The second kappa shape index (κ2) is 4.68. The Labute approximate surface area is 106 Å². The maximum absolute atomic E-state index is 6.15. The van der Waals surface area contributed by atoms with E-state index >= 15 is 0 Å². The van der Waals surface area contributed by atoms with E-state index in [0.717, 1.165) is 28.2 Å². The summed E-state index contributed by atoms with van der Waals surface area (Å²) < 4.78 is 0. The van der Waals surface area contributed by atoms with Crippen molar-refractivity contribution in [3.05, 3.63) is 52.5 Å². The molecule has 0 unspecified atom stereocenters. The van der Waals surface area contributed by atoms with Gasteiger partial charge in [0.15, 0.2) is 0 Å². The molecule has 2 nitrogen and oxygen atoms in total. The van der Waals surface area contributed by atoms with Gasteiger partial charge in [-0.2, -0.15) is 0 Å². The molecule has 0 amide bonds. The lowest BCUT2D eigenvalue weighted by Gasteiger charge is -2.14. The van der Waals surface area contributed by atoms with E-state index in [1.165, 1.54) is 0 Å². The normalized spacial score (nSPS) is 10.3. The molecule has 0 fully saturated rings. The van der Waals surface area contributed by atoms with Gasteiger partial charge in [0.1, 0.15) is 0 Å². The number of anilines is 3. The zero-order valence-corrected chi connectivity index (χ0v) is 10.7. The summed E-state index contributed by atoms with van der Waals surface area (Å²) >= 11 is 6.15. The van der Waals surface area contributed by atoms with Crippen LogP contribution in [0.1, 0.15) is 11.1 Å². The van der Waals surface area contributed by atoms with Gasteiger partial charge >= 0.3 is 0 Å². The zero-order valence-electron chi connectivity index (χ0n) is 9.92. The summed E-state index contributed by atoms with van der Waals surface area (Å²) in [5, 5.41) is 3.99. The van der Waals surface area contributed by atoms with E-state index in [-0.39, 0.29) is 0 Å². The molecule has 0 bridgehead atoms. The number of para-hydroxylation sites is 1. The number of benzene rings is 2. The highest BCUT2D eigenvalue weighted by Crippen LogP contribution is 2.31. The minimum atomic E-state index is 0.693. The van der Waals surface area contributed by atoms with Gasteiger partial charge in [-0.3, -0.25) is 0 Å². The Hall–Kier alpha value is -1.67. The third-order valence-electron chi connectivity index (χ3n) is 2.69. The van der Waals surface area contributed by atoms with Crippen LogP contribution >= 0.6 is 11.6 Å². The third kappa shape index (κ3) is 2.53. The summed E-state index contributed by atoms with van der Waals surface area (Å²) in [4.78, 5) is 0. The van der Waals surface area contributed by atoms with Crippen LogP contribution in [0, 0.1) is 13.8 Å². The number of nitrogen functional groups attached to an aromatic ring is 1. The largest absolute Gasteiger partial charge is 0.397 e. The molecule has 0 saturated heterocycles. The summed E-state index contributed by atoms with van der Waals surface area (Å²) in [6.45, 7) is 4.05. The Balaban J connectivity index is 2.41. The zero-order chi connectivity index (χ0) is 12.4. The standard InChI is InChI=1S/C14H15ClN2/c1-9-6-7-11(15)13(8-9)17-14-10(2)4-3-5-12(14)16/h3-8,17H,16H2,1-2H3. The molecular formula is C14H15ClN2. The smallest absolute Gasteiger partial charge is 0.0647 e. The number of nitrogens with two attached hydrogens (primary N) is 1. The van der Waals surface area contributed by atoms with E-state index in [4.69, 9.17) is 17.3 Å². The van der Waals surface area contributed by atoms with E-state index in [1.807, 2.05) is 50.2 Å². The van der Waals surface area contributed by atoms with Crippen LogP contribution in [0.5, 0.6) is 0 Å². The van der Waals surface area contributed by atoms with Gasteiger partial charge < -0.3 is 11.1 Å². The summed E-state index contributed by atoms with van der Waals surface area (Å²) in [5.74, 6) is 0. The molecule has 0 aliphatic carbocycles.